The molecule has 0 bridgehead atoms. The molecule has 0 saturated heterocycles. The van der Waals surface area contributed by atoms with Gasteiger partial charge in [-0.25, -0.2) is 0 Å². The van der Waals surface area contributed by atoms with Crippen LogP contribution in [0.1, 0.15) is 137 Å². The van der Waals surface area contributed by atoms with Crippen molar-refractivity contribution < 1.29 is 43.0 Å². The SMILES string of the molecule is CCCCCCCCCCCCCCCCCCOC[C@H](CO)OCCO[C@@H]1[C@@H](OCc2ccccc2)[C@H](OCc2ccccc2)[C@@H](OCc2ccccc2)[C@H](OCc2ccccc2)[C@@H]1OCc1ccccc1. The third-order valence-electron chi connectivity index (χ3n) is 13.8. The number of hydrogen-bond donors (Lipinski definition) is 1. The van der Waals surface area contributed by atoms with Gasteiger partial charge in [-0.05, 0) is 34.2 Å². The molecule has 0 aromatic heterocycles. The normalized spacial score (nSPS) is 19.3. The minimum Gasteiger partial charge on any atom is -0.394 e. The maximum Gasteiger partial charge on any atom is 0.116 e. The third-order valence-corrected chi connectivity index (χ3v) is 13.8. The quantitative estimate of drug-likeness (QED) is 0.0385. The molecule has 1 fully saturated rings. The highest BCUT2D eigenvalue weighted by molar-refractivity contribution is 5.18. The summed E-state index contributed by atoms with van der Waals surface area (Å²) in [4.78, 5) is 0. The van der Waals surface area contributed by atoms with E-state index >= 15 is 0 Å². The van der Waals surface area contributed by atoms with Gasteiger partial charge in [0.25, 0.3) is 0 Å². The Balaban J connectivity index is 1.10. The Labute approximate surface area is 439 Å². The molecule has 0 unspecified atom stereocenters. The fraction of sp³-hybridized carbons (Fsp3) is 0.531. The van der Waals surface area contributed by atoms with Gasteiger partial charge >= 0.3 is 0 Å². The Morgan fingerprint density at radius 2 is 0.603 bits per heavy atom. The second kappa shape index (κ2) is 36.6. The maximum absolute atomic E-state index is 10.4. The summed E-state index contributed by atoms with van der Waals surface area (Å²) < 4.78 is 54.5. The standard InChI is InChI=1S/C64H88O9/c1-2-3-4-5-6-7-8-9-10-11-12-13-14-15-16-32-43-66-52-58(46-65)67-44-45-68-59-60(69-47-53-33-22-17-23-34-53)62(71-49-55-37-26-19-27-38-55)64(73-51-57-41-30-21-31-42-57)63(72-50-56-39-28-20-29-40-56)61(59)70-48-54-35-24-18-25-36-54/h17-31,33-42,58-65H,2-16,32,43-52H2,1H3/t58-,59-,60+,61+,62+,63-,64-/m0/s1. The van der Waals surface area contributed by atoms with Crippen LogP contribution in [0.4, 0.5) is 0 Å². The van der Waals surface area contributed by atoms with E-state index in [9.17, 15) is 5.11 Å². The minimum atomic E-state index is -0.687. The third kappa shape index (κ3) is 22.6. The van der Waals surface area contributed by atoms with Gasteiger partial charge in [0.1, 0.15) is 42.7 Å². The first-order valence-electron chi connectivity index (χ1n) is 27.9. The topological polar surface area (TPSA) is 94.1 Å². The summed E-state index contributed by atoms with van der Waals surface area (Å²) in [6, 6.07) is 50.8. The number of hydrogen-bond acceptors (Lipinski definition) is 9. The Bertz CT molecular complexity index is 1940. The molecule has 9 nitrogen and oxygen atoms in total. The molecule has 0 radical (unpaired) electrons. The van der Waals surface area contributed by atoms with E-state index in [1.807, 2.05) is 91.0 Å². The summed E-state index contributed by atoms with van der Waals surface area (Å²) in [5.74, 6) is 0. The van der Waals surface area contributed by atoms with Gasteiger partial charge in [-0.3, -0.25) is 0 Å². The summed E-state index contributed by atoms with van der Waals surface area (Å²) in [5.41, 5.74) is 5.10. The second-order valence-electron chi connectivity index (χ2n) is 19.7. The predicted molar refractivity (Wildman–Crippen MR) is 292 cm³/mol. The molecule has 1 saturated carbocycles. The molecule has 5 aromatic rings. The summed E-state index contributed by atoms with van der Waals surface area (Å²) in [7, 11) is 0. The average Bonchev–Trinajstić information content (AvgIpc) is 3.44. The van der Waals surface area contributed by atoms with E-state index in [2.05, 4.69) is 67.6 Å². The number of unbranched alkanes of at least 4 members (excludes halogenated alkanes) is 15. The van der Waals surface area contributed by atoms with Crippen LogP contribution in [0.5, 0.6) is 0 Å². The van der Waals surface area contributed by atoms with Gasteiger partial charge < -0.3 is 43.0 Å². The lowest BCUT2D eigenvalue weighted by molar-refractivity contribution is -0.291. The molecule has 7 atom stereocenters. The molecule has 398 valence electrons. The molecule has 5 aromatic carbocycles. The van der Waals surface area contributed by atoms with Crippen LogP contribution >= 0.6 is 0 Å². The zero-order valence-electron chi connectivity index (χ0n) is 44.1. The fourth-order valence-electron chi connectivity index (χ4n) is 9.61. The van der Waals surface area contributed by atoms with E-state index in [0.29, 0.717) is 46.2 Å². The highest BCUT2D eigenvalue weighted by Crippen LogP contribution is 2.36. The molecule has 1 aliphatic carbocycles. The van der Waals surface area contributed by atoms with E-state index < -0.39 is 42.7 Å². The zero-order valence-corrected chi connectivity index (χ0v) is 44.1. The largest absolute Gasteiger partial charge is 0.394 e. The Hall–Kier alpha value is -4.26. The van der Waals surface area contributed by atoms with Gasteiger partial charge in [-0.1, -0.05) is 255 Å². The maximum atomic E-state index is 10.4. The minimum absolute atomic E-state index is 0.154. The molecular formula is C64H88O9. The molecule has 0 aliphatic heterocycles. The van der Waals surface area contributed by atoms with Crippen LogP contribution in [0.3, 0.4) is 0 Å². The smallest absolute Gasteiger partial charge is 0.116 e. The number of aliphatic hydroxyl groups excluding tert-OH is 1. The summed E-state index contributed by atoms with van der Waals surface area (Å²) in [5, 5.41) is 10.4. The van der Waals surface area contributed by atoms with Crippen molar-refractivity contribution in [3.63, 3.8) is 0 Å². The van der Waals surface area contributed by atoms with Crippen LogP contribution < -0.4 is 0 Å². The Morgan fingerprint density at radius 3 is 0.890 bits per heavy atom. The van der Waals surface area contributed by atoms with E-state index in [0.717, 1.165) is 40.7 Å². The molecule has 0 spiro atoms. The number of rotatable bonds is 40. The van der Waals surface area contributed by atoms with Gasteiger partial charge in [0.05, 0.1) is 59.5 Å². The van der Waals surface area contributed by atoms with E-state index in [1.165, 1.54) is 89.9 Å². The van der Waals surface area contributed by atoms with Gasteiger partial charge in [0.15, 0.2) is 0 Å². The zero-order chi connectivity index (χ0) is 50.6. The molecule has 1 N–H and O–H groups in total. The van der Waals surface area contributed by atoms with Crippen molar-refractivity contribution in [1.29, 1.82) is 0 Å². The first-order valence-corrected chi connectivity index (χ1v) is 27.9. The first kappa shape index (κ1) is 58.0. The lowest BCUT2D eigenvalue weighted by atomic mass is 9.83. The van der Waals surface area contributed by atoms with Crippen LogP contribution in [0, 0.1) is 0 Å². The molecule has 0 heterocycles. The van der Waals surface area contributed by atoms with Gasteiger partial charge in [0.2, 0.25) is 0 Å². The first-order chi connectivity index (χ1) is 36.2. The van der Waals surface area contributed by atoms with Crippen molar-refractivity contribution in [2.75, 3.05) is 33.0 Å². The van der Waals surface area contributed by atoms with Crippen molar-refractivity contribution in [3.8, 4) is 0 Å². The van der Waals surface area contributed by atoms with Crippen LogP contribution in [0.15, 0.2) is 152 Å². The van der Waals surface area contributed by atoms with Crippen molar-refractivity contribution in [2.24, 2.45) is 0 Å². The van der Waals surface area contributed by atoms with Crippen LogP contribution in [-0.4, -0.2) is 80.9 Å². The van der Waals surface area contributed by atoms with E-state index in [4.69, 9.17) is 37.9 Å². The molecule has 0 amide bonds. The molecule has 9 heteroatoms. The van der Waals surface area contributed by atoms with Crippen molar-refractivity contribution in [1.82, 2.24) is 0 Å². The lowest BCUT2D eigenvalue weighted by Crippen LogP contribution is -2.67. The van der Waals surface area contributed by atoms with Crippen LogP contribution in [0.25, 0.3) is 0 Å². The Morgan fingerprint density at radius 1 is 0.329 bits per heavy atom. The lowest BCUT2D eigenvalue weighted by Gasteiger charge is -2.49. The van der Waals surface area contributed by atoms with Crippen molar-refractivity contribution in [2.45, 2.75) is 185 Å². The highest BCUT2D eigenvalue weighted by atomic mass is 16.6. The van der Waals surface area contributed by atoms with Crippen LogP contribution in [0.2, 0.25) is 0 Å². The fourth-order valence-corrected chi connectivity index (χ4v) is 9.61. The molecule has 1 aliphatic rings. The molecule has 6 rings (SSSR count). The van der Waals surface area contributed by atoms with Crippen LogP contribution in [-0.2, 0) is 70.9 Å². The van der Waals surface area contributed by atoms with E-state index in [1.54, 1.807) is 0 Å². The van der Waals surface area contributed by atoms with Crippen molar-refractivity contribution in [3.05, 3.63) is 179 Å². The number of aliphatic hydroxyl groups is 1. The van der Waals surface area contributed by atoms with Crippen molar-refractivity contribution >= 4 is 0 Å². The molecular weight excluding hydrogens is 913 g/mol. The summed E-state index contributed by atoms with van der Waals surface area (Å²) >= 11 is 0. The number of ether oxygens (including phenoxy) is 8. The number of benzene rings is 5. The monoisotopic (exact) mass is 1000 g/mol. The Kier molecular flexibility index (Phi) is 29.1. The van der Waals surface area contributed by atoms with Gasteiger partial charge in [0, 0.05) is 6.61 Å². The van der Waals surface area contributed by atoms with Gasteiger partial charge in [-0.2, -0.15) is 0 Å². The van der Waals surface area contributed by atoms with Gasteiger partial charge in [-0.15, -0.1) is 0 Å². The second-order valence-corrected chi connectivity index (χ2v) is 19.7. The predicted octanol–water partition coefficient (Wildman–Crippen LogP) is 14.0. The molecule has 73 heavy (non-hydrogen) atoms. The average molecular weight is 1000 g/mol. The van der Waals surface area contributed by atoms with E-state index in [-0.39, 0.29) is 19.8 Å². The summed E-state index contributed by atoms with van der Waals surface area (Å²) in [6.07, 6.45) is 16.9. The highest BCUT2D eigenvalue weighted by Gasteiger charge is 2.55. The summed E-state index contributed by atoms with van der Waals surface area (Å²) in [6.45, 7) is 5.09.